The summed E-state index contributed by atoms with van der Waals surface area (Å²) in [5, 5.41) is 9.00. The lowest BCUT2D eigenvalue weighted by Gasteiger charge is -2.20. The van der Waals surface area contributed by atoms with Crippen LogP contribution in [-0.4, -0.2) is 6.61 Å². The Morgan fingerprint density at radius 1 is 1.17 bits per heavy atom. The fourth-order valence-electron chi connectivity index (χ4n) is 2.35. The molecule has 1 aliphatic heterocycles. The van der Waals surface area contributed by atoms with Crippen LogP contribution in [0.5, 0.6) is 5.75 Å². The van der Waals surface area contributed by atoms with Gasteiger partial charge in [0.15, 0.2) is 0 Å². The molecular weight excluding hydrogens is 222 g/mol. The summed E-state index contributed by atoms with van der Waals surface area (Å²) in [6, 6.07) is 7.77. The van der Waals surface area contributed by atoms with Gasteiger partial charge in [-0.1, -0.05) is 18.2 Å². The lowest BCUT2D eigenvalue weighted by Crippen LogP contribution is -2.06. The number of benzene rings is 1. The molecule has 1 aromatic carbocycles. The molecule has 0 radical (unpaired) electrons. The van der Waals surface area contributed by atoms with Crippen LogP contribution in [0.25, 0.3) is 5.57 Å². The molecule has 0 aromatic heterocycles. The zero-order valence-electron chi connectivity index (χ0n) is 10.0. The van der Waals surface area contributed by atoms with E-state index in [2.05, 4.69) is 30.4 Å². The van der Waals surface area contributed by atoms with Crippen molar-refractivity contribution in [2.75, 3.05) is 6.61 Å². The minimum Gasteiger partial charge on any atom is -0.489 e. The Bertz CT molecular complexity index is 614. The van der Waals surface area contributed by atoms with Gasteiger partial charge in [0.2, 0.25) is 0 Å². The normalized spacial score (nSPS) is 17.1. The predicted molar refractivity (Wildman–Crippen MR) is 71.1 cm³/mol. The van der Waals surface area contributed by atoms with E-state index in [4.69, 9.17) is 10.00 Å². The highest BCUT2D eigenvalue weighted by Gasteiger charge is 2.17. The Morgan fingerprint density at radius 3 is 2.89 bits per heavy atom. The third kappa shape index (κ3) is 1.84. The average Bonchev–Trinajstić information content (AvgIpc) is 2.47. The summed E-state index contributed by atoms with van der Waals surface area (Å²) < 4.78 is 5.61. The number of allylic oxidation sites excluding steroid dienone is 5. The van der Waals surface area contributed by atoms with Crippen LogP contribution >= 0.6 is 0 Å². The molecule has 0 fully saturated rings. The largest absolute Gasteiger partial charge is 0.489 e. The second kappa shape index (κ2) is 4.54. The summed E-state index contributed by atoms with van der Waals surface area (Å²) in [5.41, 5.74) is 4.12. The molecule has 0 spiro atoms. The summed E-state index contributed by atoms with van der Waals surface area (Å²) in [4.78, 5) is 0. The summed E-state index contributed by atoms with van der Waals surface area (Å²) in [6.07, 6.45) is 10.9. The maximum atomic E-state index is 9.00. The van der Waals surface area contributed by atoms with Crippen molar-refractivity contribution in [2.24, 2.45) is 0 Å². The molecule has 1 aromatic rings. The summed E-state index contributed by atoms with van der Waals surface area (Å²) >= 11 is 0. The van der Waals surface area contributed by atoms with Crippen LogP contribution in [0, 0.1) is 11.3 Å². The van der Waals surface area contributed by atoms with Gasteiger partial charge >= 0.3 is 0 Å². The van der Waals surface area contributed by atoms with E-state index in [1.807, 2.05) is 12.1 Å². The Morgan fingerprint density at radius 2 is 2.11 bits per heavy atom. The van der Waals surface area contributed by atoms with Gasteiger partial charge in [0.05, 0.1) is 11.6 Å². The van der Waals surface area contributed by atoms with Crippen molar-refractivity contribution in [3.8, 4) is 11.8 Å². The number of rotatable bonds is 1. The van der Waals surface area contributed by atoms with E-state index in [-0.39, 0.29) is 0 Å². The molecule has 1 heterocycles. The number of nitriles is 1. The molecule has 0 unspecified atom stereocenters. The summed E-state index contributed by atoms with van der Waals surface area (Å²) in [7, 11) is 0. The second-order valence-electron chi connectivity index (χ2n) is 4.39. The molecule has 0 amide bonds. The number of fused-ring (bicyclic) bond motifs is 1. The smallest absolute Gasteiger partial charge is 0.127 e. The molecule has 0 bridgehead atoms. The van der Waals surface area contributed by atoms with Gasteiger partial charge in [-0.3, -0.25) is 0 Å². The lowest BCUT2D eigenvalue weighted by molar-refractivity contribution is 0.357. The molecule has 18 heavy (non-hydrogen) atoms. The molecule has 0 N–H and O–H groups in total. The van der Waals surface area contributed by atoms with E-state index in [1.54, 1.807) is 6.07 Å². The van der Waals surface area contributed by atoms with Gasteiger partial charge in [-0.15, -0.1) is 0 Å². The average molecular weight is 235 g/mol. The monoisotopic (exact) mass is 235 g/mol. The van der Waals surface area contributed by atoms with Crippen molar-refractivity contribution < 1.29 is 4.74 Å². The fourth-order valence-corrected chi connectivity index (χ4v) is 2.35. The molecule has 1 aliphatic carbocycles. The Labute approximate surface area is 107 Å². The minimum atomic E-state index is 0.597. The zero-order valence-corrected chi connectivity index (χ0v) is 10.0. The molecule has 0 saturated heterocycles. The van der Waals surface area contributed by atoms with Crippen LogP contribution in [0.3, 0.4) is 0 Å². The Balaban J connectivity index is 2.09. The first-order chi connectivity index (χ1) is 8.88. The van der Waals surface area contributed by atoms with Crippen molar-refractivity contribution in [3.05, 3.63) is 59.2 Å². The molecule has 2 aliphatic rings. The molecule has 2 nitrogen and oxygen atoms in total. The van der Waals surface area contributed by atoms with Gasteiger partial charge in [0.25, 0.3) is 0 Å². The second-order valence-corrected chi connectivity index (χ2v) is 4.39. The number of hydrogen-bond acceptors (Lipinski definition) is 2. The highest BCUT2D eigenvalue weighted by molar-refractivity contribution is 5.86. The molecule has 88 valence electrons. The number of ether oxygens (including phenoxy) is 1. The number of hydrogen-bond donors (Lipinski definition) is 0. The zero-order chi connectivity index (χ0) is 12.4. The minimum absolute atomic E-state index is 0.597. The highest BCUT2D eigenvalue weighted by atomic mass is 16.5. The first-order valence-corrected chi connectivity index (χ1v) is 6.13. The quantitative estimate of drug-likeness (QED) is 0.745. The van der Waals surface area contributed by atoms with E-state index in [9.17, 15) is 0 Å². The van der Waals surface area contributed by atoms with Crippen molar-refractivity contribution in [3.63, 3.8) is 0 Å². The topological polar surface area (TPSA) is 33.0 Å². The van der Waals surface area contributed by atoms with Crippen LogP contribution in [0.2, 0.25) is 0 Å². The van der Waals surface area contributed by atoms with Crippen LogP contribution < -0.4 is 4.74 Å². The predicted octanol–water partition coefficient (Wildman–Crippen LogP) is 3.61. The maximum Gasteiger partial charge on any atom is 0.127 e. The van der Waals surface area contributed by atoms with E-state index < -0.39 is 0 Å². The van der Waals surface area contributed by atoms with Crippen LogP contribution in [0.15, 0.2) is 48.1 Å². The van der Waals surface area contributed by atoms with Crippen LogP contribution in [-0.2, 0) is 0 Å². The van der Waals surface area contributed by atoms with Crippen molar-refractivity contribution in [2.45, 2.75) is 12.8 Å². The Hall–Kier alpha value is -2.27. The van der Waals surface area contributed by atoms with Gasteiger partial charge in [-0.2, -0.15) is 5.26 Å². The van der Waals surface area contributed by atoms with Crippen LogP contribution in [0.1, 0.15) is 24.0 Å². The first-order valence-electron chi connectivity index (χ1n) is 6.13. The SMILES string of the molecule is N#Cc1ccc2c(c1)C(C1=CCCC=C1)=CCO2. The standard InChI is InChI=1S/C16H13NO/c17-11-12-6-7-16-15(10-12)14(8-9-18-16)13-4-2-1-3-5-13/h2,4-8,10H,1,3,9H2. The van der Waals surface area contributed by atoms with Crippen LogP contribution in [0.4, 0.5) is 0 Å². The van der Waals surface area contributed by atoms with Crippen molar-refractivity contribution in [1.29, 1.82) is 5.26 Å². The van der Waals surface area contributed by atoms with Crippen molar-refractivity contribution in [1.82, 2.24) is 0 Å². The molecule has 0 saturated carbocycles. The van der Waals surface area contributed by atoms with Gasteiger partial charge in [-0.25, -0.2) is 0 Å². The number of nitrogens with zero attached hydrogens (tertiary/aromatic N) is 1. The van der Waals surface area contributed by atoms with Gasteiger partial charge in [0.1, 0.15) is 12.4 Å². The third-order valence-electron chi connectivity index (χ3n) is 3.23. The third-order valence-corrected chi connectivity index (χ3v) is 3.23. The molecule has 0 atom stereocenters. The van der Waals surface area contributed by atoms with E-state index in [1.165, 1.54) is 11.1 Å². The molecule has 3 rings (SSSR count). The Kier molecular flexibility index (Phi) is 2.74. The lowest BCUT2D eigenvalue weighted by atomic mass is 9.91. The van der Waals surface area contributed by atoms with Gasteiger partial charge < -0.3 is 4.74 Å². The van der Waals surface area contributed by atoms with E-state index in [0.29, 0.717) is 12.2 Å². The van der Waals surface area contributed by atoms with Gasteiger partial charge in [0, 0.05) is 5.56 Å². The molecular formula is C16H13NO. The highest BCUT2D eigenvalue weighted by Crippen LogP contribution is 2.36. The molecule has 2 heteroatoms. The van der Waals surface area contributed by atoms with Gasteiger partial charge in [-0.05, 0) is 48.3 Å². The fraction of sp³-hybridized carbons (Fsp3) is 0.188. The summed E-state index contributed by atoms with van der Waals surface area (Å²) in [6.45, 7) is 0.597. The van der Waals surface area contributed by atoms with Crippen molar-refractivity contribution >= 4 is 5.57 Å². The summed E-state index contributed by atoms with van der Waals surface area (Å²) in [5.74, 6) is 0.867. The first kappa shape index (κ1) is 10.9. The maximum absolute atomic E-state index is 9.00. The van der Waals surface area contributed by atoms with E-state index in [0.717, 1.165) is 24.2 Å². The van der Waals surface area contributed by atoms with E-state index >= 15 is 0 Å².